The second-order valence-corrected chi connectivity index (χ2v) is 7.12. The maximum absolute atomic E-state index is 14.5. The third-order valence-electron chi connectivity index (χ3n) is 3.79. The number of rotatable bonds is 4. The zero-order valence-electron chi connectivity index (χ0n) is 12.1. The number of alkyl halides is 1. The molecular formula is C13H16FN3O5S. The van der Waals surface area contributed by atoms with Crippen molar-refractivity contribution in [3.8, 4) is 0 Å². The number of nitro groups is 1. The Hall–Kier alpha value is -2.23. The Morgan fingerprint density at radius 3 is 2.48 bits per heavy atom. The highest BCUT2D eigenvalue weighted by atomic mass is 32.2. The van der Waals surface area contributed by atoms with Gasteiger partial charge in [-0.25, -0.2) is 17.5 Å². The van der Waals surface area contributed by atoms with Gasteiger partial charge in [0.1, 0.15) is 5.69 Å². The highest BCUT2D eigenvalue weighted by molar-refractivity contribution is 7.90. The molecule has 1 aliphatic carbocycles. The molecule has 0 bridgehead atoms. The van der Waals surface area contributed by atoms with E-state index in [4.69, 9.17) is 5.73 Å². The molecule has 1 aromatic carbocycles. The summed E-state index contributed by atoms with van der Waals surface area (Å²) in [6.45, 7) is 0. The van der Waals surface area contributed by atoms with E-state index in [1.54, 1.807) is 4.72 Å². The Bertz CT molecular complexity index is 744. The van der Waals surface area contributed by atoms with E-state index in [1.807, 2.05) is 0 Å². The number of nitrogens with one attached hydrogen (secondary N) is 1. The molecule has 1 aromatic rings. The van der Waals surface area contributed by atoms with E-state index in [2.05, 4.69) is 0 Å². The molecule has 8 nitrogen and oxygen atoms in total. The van der Waals surface area contributed by atoms with Crippen LogP contribution in [0.4, 0.5) is 15.8 Å². The lowest BCUT2D eigenvalue weighted by molar-refractivity contribution is -0.384. The summed E-state index contributed by atoms with van der Waals surface area (Å²) in [5.41, 5.74) is 2.34. The first-order valence-corrected chi connectivity index (χ1v) is 8.44. The van der Waals surface area contributed by atoms with Gasteiger partial charge in [0.25, 0.3) is 21.6 Å². The third-order valence-corrected chi connectivity index (χ3v) is 5.12. The molecule has 0 saturated heterocycles. The van der Waals surface area contributed by atoms with E-state index in [9.17, 15) is 27.7 Å². The van der Waals surface area contributed by atoms with Gasteiger partial charge in [0.2, 0.25) is 0 Å². The zero-order valence-corrected chi connectivity index (χ0v) is 12.9. The Morgan fingerprint density at radius 2 is 1.91 bits per heavy atom. The Morgan fingerprint density at radius 1 is 1.30 bits per heavy atom. The van der Waals surface area contributed by atoms with E-state index in [0.717, 1.165) is 24.6 Å². The van der Waals surface area contributed by atoms with Crippen molar-refractivity contribution in [3.63, 3.8) is 0 Å². The molecule has 3 N–H and O–H groups in total. The van der Waals surface area contributed by atoms with Crippen molar-refractivity contribution in [2.45, 2.75) is 42.7 Å². The highest BCUT2D eigenvalue weighted by Crippen LogP contribution is 2.32. The first kappa shape index (κ1) is 17.1. The minimum absolute atomic E-state index is 0.0454. The number of amides is 1. The van der Waals surface area contributed by atoms with Crippen LogP contribution in [0.3, 0.4) is 0 Å². The first-order valence-electron chi connectivity index (χ1n) is 6.96. The number of nitrogens with zero attached hydrogens (tertiary/aromatic N) is 1. The lowest BCUT2D eigenvalue weighted by Gasteiger charge is -2.27. The van der Waals surface area contributed by atoms with Gasteiger partial charge >= 0.3 is 0 Å². The Kier molecular flexibility index (Phi) is 4.55. The predicted octanol–water partition coefficient (Wildman–Crippen LogP) is 1.65. The fourth-order valence-corrected chi connectivity index (χ4v) is 3.52. The largest absolute Gasteiger partial charge is 0.393 e. The number of benzene rings is 1. The van der Waals surface area contributed by atoms with Crippen molar-refractivity contribution in [1.82, 2.24) is 4.72 Å². The number of carbonyl (C=O) groups excluding carboxylic acids is 1. The molecule has 0 aromatic heterocycles. The van der Waals surface area contributed by atoms with Crippen LogP contribution in [0, 0.1) is 10.1 Å². The maximum atomic E-state index is 14.5. The molecule has 0 radical (unpaired) electrons. The van der Waals surface area contributed by atoms with E-state index >= 15 is 0 Å². The van der Waals surface area contributed by atoms with Crippen molar-refractivity contribution >= 4 is 27.3 Å². The summed E-state index contributed by atoms with van der Waals surface area (Å²) in [5, 5.41) is 10.8. The van der Waals surface area contributed by atoms with Crippen LogP contribution in [0.25, 0.3) is 0 Å². The number of hydrogen-bond acceptors (Lipinski definition) is 6. The van der Waals surface area contributed by atoms with Crippen molar-refractivity contribution in [2.75, 3.05) is 5.73 Å². The van der Waals surface area contributed by atoms with Crippen LogP contribution in [0.1, 0.15) is 32.1 Å². The molecule has 1 fully saturated rings. The highest BCUT2D eigenvalue weighted by Gasteiger charge is 2.41. The smallest absolute Gasteiger partial charge is 0.293 e. The summed E-state index contributed by atoms with van der Waals surface area (Å²) >= 11 is 0. The minimum atomic E-state index is -4.42. The fraction of sp³-hybridized carbons (Fsp3) is 0.462. The lowest BCUT2D eigenvalue weighted by atomic mass is 9.86. The van der Waals surface area contributed by atoms with E-state index in [0.29, 0.717) is 12.8 Å². The van der Waals surface area contributed by atoms with E-state index < -0.39 is 37.1 Å². The topological polar surface area (TPSA) is 132 Å². The summed E-state index contributed by atoms with van der Waals surface area (Å²) in [6, 6.07) is 2.80. The van der Waals surface area contributed by atoms with Crippen LogP contribution in [-0.4, -0.2) is 24.9 Å². The summed E-state index contributed by atoms with van der Waals surface area (Å²) in [5.74, 6) is -1.24. The van der Waals surface area contributed by atoms with Crippen molar-refractivity contribution in [3.05, 3.63) is 28.3 Å². The number of sulfonamides is 1. The molecule has 0 spiro atoms. The molecular weight excluding hydrogens is 329 g/mol. The average Bonchev–Trinajstić information content (AvgIpc) is 2.47. The summed E-state index contributed by atoms with van der Waals surface area (Å²) < 4.78 is 40.4. The minimum Gasteiger partial charge on any atom is -0.393 e. The van der Waals surface area contributed by atoms with Crippen molar-refractivity contribution in [2.24, 2.45) is 0 Å². The summed E-state index contributed by atoms with van der Waals surface area (Å²) in [7, 11) is -4.42. The SMILES string of the molecule is Nc1ccc(S(=O)(=O)NC(=O)C2(F)CCCCC2)cc1[N+](=O)[O-]. The molecule has 0 unspecified atom stereocenters. The predicted molar refractivity (Wildman–Crippen MR) is 79.8 cm³/mol. The van der Waals surface area contributed by atoms with Gasteiger partial charge in [0, 0.05) is 6.07 Å². The van der Waals surface area contributed by atoms with Crippen LogP contribution in [0.15, 0.2) is 23.1 Å². The maximum Gasteiger partial charge on any atom is 0.293 e. The fourth-order valence-electron chi connectivity index (χ4n) is 2.46. The number of nitrogens with two attached hydrogens (primary N) is 1. The van der Waals surface area contributed by atoms with E-state index in [-0.39, 0.29) is 18.5 Å². The molecule has 1 aliphatic rings. The standard InChI is InChI=1S/C13H16FN3O5S/c14-13(6-2-1-3-7-13)12(18)16-23(21,22)9-4-5-10(15)11(8-9)17(19)20/h4-5,8H,1-3,6-7,15H2,(H,16,18). The van der Waals surface area contributed by atoms with Gasteiger partial charge < -0.3 is 5.73 Å². The van der Waals surface area contributed by atoms with Gasteiger partial charge in [-0.1, -0.05) is 6.42 Å². The summed E-state index contributed by atoms with van der Waals surface area (Å²) in [6.07, 6.45) is 1.69. The average molecular weight is 345 g/mol. The number of anilines is 1. The normalized spacial score (nSPS) is 17.4. The second kappa shape index (κ2) is 6.11. The molecule has 0 atom stereocenters. The Labute approximate surface area is 132 Å². The number of hydrogen-bond donors (Lipinski definition) is 2. The quantitative estimate of drug-likeness (QED) is 0.484. The molecule has 0 aliphatic heterocycles. The second-order valence-electron chi connectivity index (χ2n) is 5.44. The van der Waals surface area contributed by atoms with Crippen LogP contribution in [-0.2, 0) is 14.8 Å². The molecule has 1 saturated carbocycles. The molecule has 23 heavy (non-hydrogen) atoms. The van der Waals surface area contributed by atoms with Gasteiger partial charge in [-0.05, 0) is 37.8 Å². The van der Waals surface area contributed by atoms with Gasteiger partial charge in [0.05, 0.1) is 9.82 Å². The molecule has 126 valence electrons. The first-order chi connectivity index (χ1) is 10.7. The van der Waals surface area contributed by atoms with Crippen LogP contribution in [0.5, 0.6) is 0 Å². The van der Waals surface area contributed by atoms with Crippen molar-refractivity contribution in [1.29, 1.82) is 0 Å². The summed E-state index contributed by atoms with van der Waals surface area (Å²) in [4.78, 5) is 21.4. The van der Waals surface area contributed by atoms with Crippen LogP contribution in [0.2, 0.25) is 0 Å². The van der Waals surface area contributed by atoms with Crippen molar-refractivity contribution < 1.29 is 22.5 Å². The zero-order chi connectivity index (χ0) is 17.3. The number of nitro benzene ring substituents is 1. The number of halogens is 1. The molecule has 0 heterocycles. The number of nitrogen functional groups attached to an aromatic ring is 1. The number of carbonyl (C=O) groups is 1. The van der Waals surface area contributed by atoms with Crippen LogP contribution >= 0.6 is 0 Å². The molecule has 10 heteroatoms. The third kappa shape index (κ3) is 3.58. The molecule has 1 amide bonds. The van der Waals surface area contributed by atoms with E-state index in [1.165, 1.54) is 0 Å². The lowest BCUT2D eigenvalue weighted by Crippen LogP contribution is -2.46. The monoisotopic (exact) mass is 345 g/mol. The van der Waals surface area contributed by atoms with Gasteiger partial charge in [-0.15, -0.1) is 0 Å². The molecule has 2 rings (SSSR count). The van der Waals surface area contributed by atoms with Gasteiger partial charge in [-0.3, -0.25) is 14.9 Å². The van der Waals surface area contributed by atoms with Crippen LogP contribution < -0.4 is 10.5 Å². The van der Waals surface area contributed by atoms with Gasteiger partial charge in [0.15, 0.2) is 5.67 Å². The Balaban J connectivity index is 2.27. The van der Waals surface area contributed by atoms with Gasteiger partial charge in [-0.2, -0.15) is 0 Å².